The zero-order valence-electron chi connectivity index (χ0n) is 11.4. The highest BCUT2D eigenvalue weighted by Gasteiger charge is 2.15. The summed E-state index contributed by atoms with van der Waals surface area (Å²) in [6, 6.07) is 13.0. The Bertz CT molecular complexity index is 674. The van der Waals surface area contributed by atoms with Gasteiger partial charge >= 0.3 is 0 Å². The minimum atomic E-state index is -0.0199. The quantitative estimate of drug-likeness (QED) is 0.390. The molecule has 110 valence electrons. The van der Waals surface area contributed by atoms with Gasteiger partial charge in [-0.15, -0.1) is 0 Å². The molecule has 2 aromatic carbocycles. The number of oxime groups is 1. The molecule has 0 aromatic heterocycles. The number of halogens is 2. The summed E-state index contributed by atoms with van der Waals surface area (Å²) in [5, 5.41) is 13.1. The van der Waals surface area contributed by atoms with Gasteiger partial charge in [0, 0.05) is 24.3 Å². The summed E-state index contributed by atoms with van der Waals surface area (Å²) in [5.41, 5.74) is 8.05. The van der Waals surface area contributed by atoms with Crippen molar-refractivity contribution in [2.75, 3.05) is 11.9 Å². The third-order valence-electron chi connectivity index (χ3n) is 3.08. The van der Waals surface area contributed by atoms with Crippen LogP contribution in [0.3, 0.4) is 0 Å². The zero-order valence-corrected chi connectivity index (χ0v) is 12.9. The summed E-state index contributed by atoms with van der Waals surface area (Å²) in [5.74, 6) is -0.0199. The smallest absolute Gasteiger partial charge is 0.173 e. The van der Waals surface area contributed by atoms with Gasteiger partial charge in [-0.25, -0.2) is 0 Å². The second-order valence-corrected chi connectivity index (χ2v) is 5.45. The average molecular weight is 324 g/mol. The van der Waals surface area contributed by atoms with Gasteiger partial charge in [-0.05, 0) is 29.8 Å². The number of rotatable bonds is 4. The maximum atomic E-state index is 8.91. The molecule has 6 heteroatoms. The van der Waals surface area contributed by atoms with E-state index in [2.05, 4.69) is 5.16 Å². The lowest BCUT2D eigenvalue weighted by molar-refractivity contribution is 0.318. The van der Waals surface area contributed by atoms with Gasteiger partial charge in [0.25, 0.3) is 0 Å². The topological polar surface area (TPSA) is 61.8 Å². The van der Waals surface area contributed by atoms with Gasteiger partial charge in [0.15, 0.2) is 5.84 Å². The SMILES string of the molecule is CN(Cc1cccc(Cl)c1)c1cccc(Cl)c1C(N)=NO. The fraction of sp³-hybridized carbons (Fsp3) is 0.133. The fourth-order valence-electron chi connectivity index (χ4n) is 2.13. The third kappa shape index (κ3) is 3.60. The first-order valence-electron chi connectivity index (χ1n) is 6.25. The van der Waals surface area contributed by atoms with Crippen molar-refractivity contribution >= 4 is 34.7 Å². The van der Waals surface area contributed by atoms with Crippen molar-refractivity contribution in [1.29, 1.82) is 0 Å². The van der Waals surface area contributed by atoms with Crippen molar-refractivity contribution in [3.63, 3.8) is 0 Å². The van der Waals surface area contributed by atoms with Crippen LogP contribution in [-0.4, -0.2) is 18.1 Å². The van der Waals surface area contributed by atoms with E-state index in [1.807, 2.05) is 48.3 Å². The molecule has 2 aromatic rings. The molecule has 0 fully saturated rings. The minimum Gasteiger partial charge on any atom is -0.409 e. The highest BCUT2D eigenvalue weighted by Crippen LogP contribution is 2.28. The normalized spacial score (nSPS) is 11.5. The molecular formula is C15H15Cl2N3O. The van der Waals surface area contributed by atoms with E-state index in [1.165, 1.54) is 0 Å². The molecule has 3 N–H and O–H groups in total. The second kappa shape index (κ2) is 6.70. The number of hydrogen-bond donors (Lipinski definition) is 2. The first-order valence-corrected chi connectivity index (χ1v) is 7.00. The Labute approximate surface area is 133 Å². The monoisotopic (exact) mass is 323 g/mol. The van der Waals surface area contributed by atoms with Crippen LogP contribution in [0.25, 0.3) is 0 Å². The Morgan fingerprint density at radius 3 is 2.62 bits per heavy atom. The highest BCUT2D eigenvalue weighted by molar-refractivity contribution is 6.35. The molecule has 0 saturated carbocycles. The summed E-state index contributed by atoms with van der Waals surface area (Å²) < 4.78 is 0. The van der Waals surface area contributed by atoms with E-state index in [-0.39, 0.29) is 5.84 Å². The lowest BCUT2D eigenvalue weighted by atomic mass is 10.1. The van der Waals surface area contributed by atoms with Crippen molar-refractivity contribution in [2.24, 2.45) is 10.9 Å². The molecule has 0 unspecified atom stereocenters. The van der Waals surface area contributed by atoms with Crippen molar-refractivity contribution in [2.45, 2.75) is 6.54 Å². The van der Waals surface area contributed by atoms with Crippen LogP contribution in [-0.2, 0) is 6.54 Å². The van der Waals surface area contributed by atoms with Crippen LogP contribution in [0.4, 0.5) is 5.69 Å². The van der Waals surface area contributed by atoms with Crippen LogP contribution >= 0.6 is 23.2 Å². The van der Waals surface area contributed by atoms with Crippen LogP contribution in [0, 0.1) is 0 Å². The predicted octanol–water partition coefficient (Wildman–Crippen LogP) is 3.72. The first kappa shape index (κ1) is 15.5. The van der Waals surface area contributed by atoms with Gasteiger partial charge in [-0.3, -0.25) is 0 Å². The average Bonchev–Trinajstić information content (AvgIpc) is 2.46. The van der Waals surface area contributed by atoms with Crippen molar-refractivity contribution in [1.82, 2.24) is 0 Å². The number of hydrogen-bond acceptors (Lipinski definition) is 3. The number of amidine groups is 1. The Morgan fingerprint density at radius 1 is 1.24 bits per heavy atom. The van der Waals surface area contributed by atoms with Crippen LogP contribution in [0.2, 0.25) is 10.0 Å². The number of nitrogens with zero attached hydrogens (tertiary/aromatic N) is 2. The van der Waals surface area contributed by atoms with E-state index in [9.17, 15) is 0 Å². The Balaban J connectivity index is 2.35. The third-order valence-corrected chi connectivity index (χ3v) is 3.63. The standard InChI is InChI=1S/C15H15Cl2N3O/c1-20(9-10-4-2-5-11(16)8-10)13-7-3-6-12(17)14(13)15(18)19-21/h2-8,21H,9H2,1H3,(H2,18,19). The van der Waals surface area contributed by atoms with Crippen molar-refractivity contribution in [3.8, 4) is 0 Å². The molecule has 2 rings (SSSR count). The summed E-state index contributed by atoms with van der Waals surface area (Å²) in [6.45, 7) is 0.618. The Hall–Kier alpha value is -1.91. The van der Waals surface area contributed by atoms with E-state index < -0.39 is 0 Å². The molecular weight excluding hydrogens is 309 g/mol. The maximum absolute atomic E-state index is 8.91. The predicted molar refractivity (Wildman–Crippen MR) is 87.5 cm³/mol. The van der Waals surface area contributed by atoms with Crippen LogP contribution in [0.5, 0.6) is 0 Å². The number of anilines is 1. The van der Waals surface area contributed by atoms with Gasteiger partial charge in [-0.1, -0.05) is 46.6 Å². The summed E-state index contributed by atoms with van der Waals surface area (Å²) in [6.07, 6.45) is 0. The maximum Gasteiger partial charge on any atom is 0.173 e. The molecule has 0 atom stereocenters. The van der Waals surface area contributed by atoms with Gasteiger partial charge in [0.05, 0.1) is 10.6 Å². The largest absolute Gasteiger partial charge is 0.409 e. The molecule has 0 amide bonds. The molecule has 0 aliphatic heterocycles. The lowest BCUT2D eigenvalue weighted by Gasteiger charge is -2.23. The Kier molecular flexibility index (Phi) is 4.94. The van der Waals surface area contributed by atoms with E-state index in [4.69, 9.17) is 34.1 Å². The van der Waals surface area contributed by atoms with E-state index in [0.29, 0.717) is 22.2 Å². The van der Waals surface area contributed by atoms with Gasteiger partial charge < -0.3 is 15.8 Å². The molecule has 0 bridgehead atoms. The fourth-order valence-corrected chi connectivity index (χ4v) is 2.61. The molecule has 0 radical (unpaired) electrons. The molecule has 0 aliphatic rings. The molecule has 4 nitrogen and oxygen atoms in total. The minimum absolute atomic E-state index is 0.0199. The Morgan fingerprint density at radius 2 is 1.95 bits per heavy atom. The van der Waals surface area contributed by atoms with Crippen LogP contribution in [0.1, 0.15) is 11.1 Å². The second-order valence-electron chi connectivity index (χ2n) is 4.61. The number of benzene rings is 2. The summed E-state index contributed by atoms with van der Waals surface area (Å²) in [7, 11) is 1.90. The summed E-state index contributed by atoms with van der Waals surface area (Å²) in [4.78, 5) is 1.96. The number of nitrogens with two attached hydrogens (primary N) is 1. The van der Waals surface area contributed by atoms with Crippen LogP contribution in [0.15, 0.2) is 47.6 Å². The van der Waals surface area contributed by atoms with Gasteiger partial charge in [-0.2, -0.15) is 0 Å². The highest BCUT2D eigenvalue weighted by atomic mass is 35.5. The molecule has 0 spiro atoms. The van der Waals surface area contributed by atoms with E-state index in [0.717, 1.165) is 11.3 Å². The van der Waals surface area contributed by atoms with E-state index in [1.54, 1.807) is 6.07 Å². The summed E-state index contributed by atoms with van der Waals surface area (Å²) >= 11 is 12.1. The zero-order chi connectivity index (χ0) is 15.4. The van der Waals surface area contributed by atoms with Crippen molar-refractivity contribution < 1.29 is 5.21 Å². The van der Waals surface area contributed by atoms with Gasteiger partial charge in [0.1, 0.15) is 0 Å². The molecule has 0 aliphatic carbocycles. The van der Waals surface area contributed by atoms with E-state index >= 15 is 0 Å². The van der Waals surface area contributed by atoms with Gasteiger partial charge in [0.2, 0.25) is 0 Å². The first-order chi connectivity index (χ1) is 10.0. The lowest BCUT2D eigenvalue weighted by Crippen LogP contribution is -2.23. The van der Waals surface area contributed by atoms with Crippen molar-refractivity contribution in [3.05, 3.63) is 63.6 Å². The van der Waals surface area contributed by atoms with Crippen LogP contribution < -0.4 is 10.6 Å². The molecule has 0 heterocycles. The molecule has 21 heavy (non-hydrogen) atoms. The molecule has 0 saturated heterocycles.